The van der Waals surface area contributed by atoms with Gasteiger partial charge in [0, 0.05) is 36.3 Å². The van der Waals surface area contributed by atoms with Crippen LogP contribution in [0.25, 0.3) is 0 Å². The van der Waals surface area contributed by atoms with Crippen molar-refractivity contribution in [2.45, 2.75) is 58.4 Å². The molecule has 0 saturated carbocycles. The average Bonchev–Trinajstić information content (AvgIpc) is 3.30. The lowest BCUT2D eigenvalue weighted by molar-refractivity contribution is 0.299. The Morgan fingerprint density at radius 2 is 2.11 bits per heavy atom. The topological polar surface area (TPSA) is 82.1 Å². The first kappa shape index (κ1) is 22.1. The Hall–Kier alpha value is -1.23. The number of rotatable bonds is 4. The molecule has 9 heteroatoms. The van der Waals surface area contributed by atoms with E-state index in [0.717, 1.165) is 55.0 Å². The molecule has 0 amide bonds. The summed E-state index contributed by atoms with van der Waals surface area (Å²) >= 11 is 1.70. The van der Waals surface area contributed by atoms with Gasteiger partial charge in [0.05, 0.1) is 12.2 Å². The average molecular weight is 503 g/mol. The molecule has 2 N–H and O–H groups in total. The van der Waals surface area contributed by atoms with E-state index in [0.29, 0.717) is 12.5 Å². The van der Waals surface area contributed by atoms with Crippen LogP contribution in [0.15, 0.2) is 16.7 Å². The van der Waals surface area contributed by atoms with Gasteiger partial charge in [-0.1, -0.05) is 20.8 Å². The second-order valence-corrected chi connectivity index (χ2v) is 8.62. The number of H-pyrrole nitrogens is 1. The van der Waals surface area contributed by atoms with Crippen LogP contribution in [0.4, 0.5) is 0 Å². The lowest BCUT2D eigenvalue weighted by Gasteiger charge is -2.33. The molecular weight excluding hydrogens is 473 g/mol. The van der Waals surface area contributed by atoms with E-state index in [2.05, 4.69) is 58.5 Å². The van der Waals surface area contributed by atoms with Gasteiger partial charge in [-0.2, -0.15) is 5.10 Å². The summed E-state index contributed by atoms with van der Waals surface area (Å²) in [6, 6.07) is 0. The molecule has 0 spiro atoms. The summed E-state index contributed by atoms with van der Waals surface area (Å²) < 4.78 is 0. The van der Waals surface area contributed by atoms with E-state index in [1.54, 1.807) is 17.7 Å². The fraction of sp³-hybridized carbons (Fsp3) is 0.667. The Kier molecular flexibility index (Phi) is 8.02. The molecule has 1 aliphatic heterocycles. The minimum atomic E-state index is 0. The summed E-state index contributed by atoms with van der Waals surface area (Å²) in [7, 11) is 0. The minimum absolute atomic E-state index is 0. The molecule has 2 aromatic rings. The first-order valence-electron chi connectivity index (χ1n) is 9.30. The van der Waals surface area contributed by atoms with Gasteiger partial charge in [-0.3, -0.25) is 5.10 Å². The number of nitrogens with one attached hydrogen (secondary N) is 2. The van der Waals surface area contributed by atoms with Gasteiger partial charge in [0.2, 0.25) is 0 Å². The second kappa shape index (κ2) is 9.81. The van der Waals surface area contributed by atoms with Crippen LogP contribution in [-0.4, -0.2) is 50.7 Å². The van der Waals surface area contributed by atoms with Crippen molar-refractivity contribution in [2.24, 2.45) is 4.99 Å². The third-order valence-electron chi connectivity index (χ3n) is 4.63. The molecule has 150 valence electrons. The number of aliphatic imine (C=N–C) groups is 1. The highest BCUT2D eigenvalue weighted by molar-refractivity contribution is 14.0. The number of thiazole rings is 1. The predicted molar refractivity (Wildman–Crippen MR) is 121 cm³/mol. The highest BCUT2D eigenvalue weighted by atomic mass is 127. The van der Waals surface area contributed by atoms with Crippen molar-refractivity contribution >= 4 is 41.3 Å². The van der Waals surface area contributed by atoms with Gasteiger partial charge >= 0.3 is 0 Å². The summed E-state index contributed by atoms with van der Waals surface area (Å²) in [5.74, 6) is 2.45. The van der Waals surface area contributed by atoms with Crippen LogP contribution >= 0.6 is 35.3 Å². The largest absolute Gasteiger partial charge is 0.357 e. The first-order chi connectivity index (χ1) is 12.5. The third-order valence-corrected chi connectivity index (χ3v) is 5.47. The molecule has 0 aliphatic carbocycles. The normalized spacial score (nSPS) is 16.3. The van der Waals surface area contributed by atoms with Crippen molar-refractivity contribution in [3.8, 4) is 0 Å². The van der Waals surface area contributed by atoms with Crippen LogP contribution in [0, 0.1) is 0 Å². The number of guanidine groups is 1. The van der Waals surface area contributed by atoms with Crippen LogP contribution in [0.3, 0.4) is 0 Å². The SMILES string of the molecule is CCNC(=NCc1nc(C(C)(C)C)cs1)N1CCC(c2ncn[nH]2)CC1.I. The number of hydrogen-bond acceptors (Lipinski definition) is 5. The summed E-state index contributed by atoms with van der Waals surface area (Å²) in [5.41, 5.74) is 1.23. The van der Waals surface area contributed by atoms with Crippen LogP contribution in [0.1, 0.15) is 63.0 Å². The molecule has 1 aliphatic rings. The maximum Gasteiger partial charge on any atom is 0.194 e. The van der Waals surface area contributed by atoms with Gasteiger partial charge < -0.3 is 10.2 Å². The van der Waals surface area contributed by atoms with Gasteiger partial charge in [-0.05, 0) is 19.8 Å². The Bertz CT molecular complexity index is 712. The van der Waals surface area contributed by atoms with Gasteiger partial charge in [-0.15, -0.1) is 35.3 Å². The van der Waals surface area contributed by atoms with E-state index in [1.165, 1.54) is 0 Å². The fourth-order valence-corrected chi connectivity index (χ4v) is 4.02. The third kappa shape index (κ3) is 5.87. The first-order valence-corrected chi connectivity index (χ1v) is 10.2. The summed E-state index contributed by atoms with van der Waals surface area (Å²) in [4.78, 5) is 16.2. The zero-order valence-electron chi connectivity index (χ0n) is 16.5. The number of aromatic amines is 1. The standard InChI is InChI=1S/C18H29N7S.HI/c1-5-19-17(20-10-15-23-14(11-26-15)18(2,3)4)25-8-6-13(7-9-25)16-21-12-22-24-16;/h11-13H,5-10H2,1-4H3,(H,19,20)(H,21,22,24);1H. The minimum Gasteiger partial charge on any atom is -0.357 e. The van der Waals surface area contributed by atoms with Gasteiger partial charge in [-0.25, -0.2) is 15.0 Å². The molecule has 0 bridgehead atoms. The molecule has 2 aromatic heterocycles. The smallest absolute Gasteiger partial charge is 0.194 e. The highest BCUT2D eigenvalue weighted by Gasteiger charge is 2.24. The molecule has 0 aromatic carbocycles. The Labute approximate surface area is 182 Å². The van der Waals surface area contributed by atoms with E-state index in [-0.39, 0.29) is 29.4 Å². The van der Waals surface area contributed by atoms with E-state index >= 15 is 0 Å². The number of hydrogen-bond donors (Lipinski definition) is 2. The van der Waals surface area contributed by atoms with E-state index in [4.69, 9.17) is 9.98 Å². The van der Waals surface area contributed by atoms with Gasteiger partial charge in [0.15, 0.2) is 5.96 Å². The molecule has 27 heavy (non-hydrogen) atoms. The highest BCUT2D eigenvalue weighted by Crippen LogP contribution is 2.26. The van der Waals surface area contributed by atoms with Gasteiger partial charge in [0.1, 0.15) is 17.2 Å². The van der Waals surface area contributed by atoms with E-state index in [9.17, 15) is 0 Å². The molecule has 3 rings (SSSR count). The van der Waals surface area contributed by atoms with Crippen molar-refractivity contribution in [3.63, 3.8) is 0 Å². The van der Waals surface area contributed by atoms with E-state index < -0.39 is 0 Å². The maximum absolute atomic E-state index is 4.83. The molecule has 7 nitrogen and oxygen atoms in total. The Morgan fingerprint density at radius 3 is 2.67 bits per heavy atom. The quantitative estimate of drug-likeness (QED) is 0.379. The molecule has 0 unspecified atom stereocenters. The number of nitrogens with zero attached hydrogens (tertiary/aromatic N) is 5. The van der Waals surface area contributed by atoms with Crippen molar-refractivity contribution in [1.29, 1.82) is 0 Å². The number of likely N-dealkylation sites (tertiary alicyclic amines) is 1. The summed E-state index contributed by atoms with van der Waals surface area (Å²) in [6.07, 6.45) is 3.71. The zero-order chi connectivity index (χ0) is 18.6. The van der Waals surface area contributed by atoms with Crippen LogP contribution in [-0.2, 0) is 12.0 Å². The molecule has 0 atom stereocenters. The number of aromatic nitrogens is 4. The molecule has 0 radical (unpaired) electrons. The van der Waals surface area contributed by atoms with Crippen LogP contribution in [0.2, 0.25) is 0 Å². The van der Waals surface area contributed by atoms with Crippen LogP contribution < -0.4 is 5.32 Å². The monoisotopic (exact) mass is 503 g/mol. The lowest BCUT2D eigenvalue weighted by Crippen LogP contribution is -2.45. The van der Waals surface area contributed by atoms with Crippen LogP contribution in [0.5, 0.6) is 0 Å². The van der Waals surface area contributed by atoms with Crippen molar-refractivity contribution in [3.05, 3.63) is 28.2 Å². The zero-order valence-corrected chi connectivity index (χ0v) is 19.7. The maximum atomic E-state index is 4.83. The Morgan fingerprint density at radius 1 is 1.37 bits per heavy atom. The van der Waals surface area contributed by atoms with Crippen molar-refractivity contribution in [1.82, 2.24) is 30.4 Å². The van der Waals surface area contributed by atoms with Gasteiger partial charge in [0.25, 0.3) is 0 Å². The fourth-order valence-electron chi connectivity index (χ4n) is 3.07. The molecule has 1 saturated heterocycles. The van der Waals surface area contributed by atoms with Crippen molar-refractivity contribution in [2.75, 3.05) is 19.6 Å². The molecular formula is C18H30IN7S. The van der Waals surface area contributed by atoms with E-state index in [1.807, 2.05) is 0 Å². The molecule has 1 fully saturated rings. The number of halogens is 1. The van der Waals surface area contributed by atoms with Crippen molar-refractivity contribution < 1.29 is 0 Å². The lowest BCUT2D eigenvalue weighted by atomic mass is 9.93. The number of piperidine rings is 1. The summed E-state index contributed by atoms with van der Waals surface area (Å²) in [6.45, 7) is 12.1. The molecule has 3 heterocycles. The second-order valence-electron chi connectivity index (χ2n) is 7.68. The Balaban J connectivity index is 0.00000261. The predicted octanol–water partition coefficient (Wildman–Crippen LogP) is 3.52. The summed E-state index contributed by atoms with van der Waals surface area (Å²) in [5, 5.41) is 13.6.